The highest BCUT2D eigenvalue weighted by molar-refractivity contribution is 6.42. The van der Waals surface area contributed by atoms with E-state index in [0.29, 0.717) is 22.0 Å². The van der Waals surface area contributed by atoms with Crippen molar-refractivity contribution < 1.29 is 23.9 Å². The van der Waals surface area contributed by atoms with Crippen molar-refractivity contribution in [1.29, 1.82) is 0 Å². The van der Waals surface area contributed by atoms with Gasteiger partial charge >= 0.3 is 0 Å². The van der Waals surface area contributed by atoms with Gasteiger partial charge in [0.2, 0.25) is 18.2 Å². The first-order valence-electron chi connectivity index (χ1n) is 9.09. The summed E-state index contributed by atoms with van der Waals surface area (Å²) in [7, 11) is 0. The van der Waals surface area contributed by atoms with Crippen LogP contribution in [-0.2, 0) is 21.0 Å². The molecule has 9 heteroatoms. The summed E-state index contributed by atoms with van der Waals surface area (Å²) in [6.45, 7) is 1.81. The molecule has 0 aromatic heterocycles. The number of piperidine rings is 1. The topological polar surface area (TPSA) is 92.8 Å². The van der Waals surface area contributed by atoms with Crippen LogP contribution in [0, 0.1) is 6.92 Å². The molecule has 2 aromatic rings. The molecule has 0 radical (unpaired) electrons. The Labute approximate surface area is 182 Å². The molecule has 1 unspecified atom stereocenters. The van der Waals surface area contributed by atoms with E-state index in [9.17, 15) is 19.2 Å². The third-order valence-corrected chi connectivity index (χ3v) is 5.46. The second kappa shape index (κ2) is 9.28. The number of hydrogen-bond acceptors (Lipinski definition) is 5. The summed E-state index contributed by atoms with van der Waals surface area (Å²) in [6.07, 6.45) is 0.417. The van der Waals surface area contributed by atoms with Gasteiger partial charge in [-0.2, -0.15) is 0 Å². The maximum atomic E-state index is 13.2. The van der Waals surface area contributed by atoms with E-state index in [0.717, 1.165) is 10.5 Å². The van der Waals surface area contributed by atoms with E-state index >= 15 is 0 Å². The SMILES string of the molecule is Cc1cccc(OCc2ccc(Cl)c(Cl)c2)c1C(=O)N(C=O)C1CCC(=O)NC1=O. The maximum absolute atomic E-state index is 13.2. The molecule has 0 spiro atoms. The number of rotatable bonds is 6. The lowest BCUT2D eigenvalue weighted by atomic mass is 10.0. The van der Waals surface area contributed by atoms with Crippen molar-refractivity contribution in [1.82, 2.24) is 10.2 Å². The zero-order valence-electron chi connectivity index (χ0n) is 16.0. The van der Waals surface area contributed by atoms with Crippen LogP contribution >= 0.6 is 23.2 Å². The Morgan fingerprint density at radius 2 is 2.00 bits per heavy atom. The van der Waals surface area contributed by atoms with Crippen LogP contribution in [-0.4, -0.2) is 35.1 Å². The van der Waals surface area contributed by atoms with E-state index in [-0.39, 0.29) is 30.8 Å². The van der Waals surface area contributed by atoms with Crippen molar-refractivity contribution in [2.75, 3.05) is 0 Å². The number of aryl methyl sites for hydroxylation is 1. The van der Waals surface area contributed by atoms with Gasteiger partial charge in [0.25, 0.3) is 5.91 Å². The van der Waals surface area contributed by atoms with E-state index in [1.54, 1.807) is 43.3 Å². The lowest BCUT2D eigenvalue weighted by Crippen LogP contribution is -2.54. The highest BCUT2D eigenvalue weighted by Crippen LogP contribution is 2.28. The van der Waals surface area contributed by atoms with Gasteiger partial charge in [0.05, 0.1) is 15.6 Å². The summed E-state index contributed by atoms with van der Waals surface area (Å²) in [4.78, 5) is 49.2. The van der Waals surface area contributed by atoms with Crippen LogP contribution in [0.5, 0.6) is 5.75 Å². The van der Waals surface area contributed by atoms with Gasteiger partial charge in [0, 0.05) is 6.42 Å². The van der Waals surface area contributed by atoms with Gasteiger partial charge in [-0.05, 0) is 42.7 Å². The van der Waals surface area contributed by atoms with Crippen LogP contribution in [0.2, 0.25) is 10.0 Å². The quantitative estimate of drug-likeness (QED) is 0.540. The van der Waals surface area contributed by atoms with Crippen LogP contribution in [0.1, 0.15) is 34.3 Å². The van der Waals surface area contributed by atoms with Gasteiger partial charge in [-0.1, -0.05) is 41.4 Å². The number of nitrogens with zero attached hydrogens (tertiary/aromatic N) is 1. The molecule has 3 rings (SSSR count). The third-order valence-electron chi connectivity index (χ3n) is 4.72. The second-order valence-corrected chi connectivity index (χ2v) is 7.58. The molecule has 0 aliphatic carbocycles. The molecule has 1 aliphatic heterocycles. The second-order valence-electron chi connectivity index (χ2n) is 6.77. The Morgan fingerprint density at radius 1 is 1.23 bits per heavy atom. The van der Waals surface area contributed by atoms with Gasteiger partial charge in [-0.15, -0.1) is 0 Å². The predicted molar refractivity (Wildman–Crippen MR) is 110 cm³/mol. The molecule has 1 saturated heterocycles. The normalized spacial score (nSPS) is 16.0. The minimum absolute atomic E-state index is 0.0441. The van der Waals surface area contributed by atoms with Crippen LogP contribution < -0.4 is 10.1 Å². The Morgan fingerprint density at radius 3 is 2.67 bits per heavy atom. The smallest absolute Gasteiger partial charge is 0.265 e. The standard InChI is InChI=1S/C21H18Cl2N2O5/c1-12-3-2-4-17(30-10-13-5-6-14(22)15(23)9-13)19(12)21(29)25(11-26)16-7-8-18(27)24-20(16)28/h2-6,9,11,16H,7-8,10H2,1H3,(H,24,27,28). The fraction of sp³-hybridized carbons (Fsp3) is 0.238. The summed E-state index contributed by atoms with van der Waals surface area (Å²) < 4.78 is 5.83. The summed E-state index contributed by atoms with van der Waals surface area (Å²) in [5.41, 5.74) is 1.47. The predicted octanol–water partition coefficient (Wildman–Crippen LogP) is 3.28. The lowest BCUT2D eigenvalue weighted by Gasteiger charge is -2.29. The van der Waals surface area contributed by atoms with Crippen LogP contribution in [0.15, 0.2) is 36.4 Å². The number of amides is 4. The van der Waals surface area contributed by atoms with Gasteiger partial charge in [0.15, 0.2) is 0 Å². The molecule has 156 valence electrons. The zero-order valence-corrected chi connectivity index (χ0v) is 17.5. The van der Waals surface area contributed by atoms with E-state index in [1.807, 2.05) is 0 Å². The van der Waals surface area contributed by atoms with Gasteiger partial charge < -0.3 is 4.74 Å². The van der Waals surface area contributed by atoms with Crippen LogP contribution in [0.25, 0.3) is 0 Å². The molecular formula is C21H18Cl2N2O5. The van der Waals surface area contributed by atoms with E-state index in [1.165, 1.54) is 0 Å². The molecule has 0 bridgehead atoms. The first kappa shape index (κ1) is 21.8. The highest BCUT2D eigenvalue weighted by Gasteiger charge is 2.36. The third kappa shape index (κ3) is 4.63. The molecule has 1 fully saturated rings. The molecule has 0 saturated carbocycles. The monoisotopic (exact) mass is 448 g/mol. The van der Waals surface area contributed by atoms with Crippen LogP contribution in [0.4, 0.5) is 0 Å². The molecule has 1 heterocycles. The summed E-state index contributed by atoms with van der Waals surface area (Å²) in [5.74, 6) is -1.54. The summed E-state index contributed by atoms with van der Waals surface area (Å²) in [5, 5.41) is 2.94. The Bertz CT molecular complexity index is 1020. The Kier molecular flexibility index (Phi) is 6.74. The first-order chi connectivity index (χ1) is 14.3. The number of nitrogens with one attached hydrogen (secondary N) is 1. The molecular weight excluding hydrogens is 431 g/mol. The molecule has 2 aromatic carbocycles. The van der Waals surface area contributed by atoms with Crippen LogP contribution in [0.3, 0.4) is 0 Å². The number of carbonyl (C=O) groups is 4. The van der Waals surface area contributed by atoms with E-state index < -0.39 is 23.8 Å². The zero-order chi connectivity index (χ0) is 21.8. The fourth-order valence-corrected chi connectivity index (χ4v) is 3.49. The van der Waals surface area contributed by atoms with Gasteiger partial charge in [-0.3, -0.25) is 29.4 Å². The number of halogens is 2. The largest absolute Gasteiger partial charge is 0.488 e. The highest BCUT2D eigenvalue weighted by atomic mass is 35.5. The van der Waals surface area contributed by atoms with Crippen molar-refractivity contribution in [2.45, 2.75) is 32.4 Å². The maximum Gasteiger partial charge on any atom is 0.265 e. The molecule has 4 amide bonds. The van der Waals surface area contributed by atoms with Crippen molar-refractivity contribution in [3.63, 3.8) is 0 Å². The minimum Gasteiger partial charge on any atom is -0.488 e. The summed E-state index contributed by atoms with van der Waals surface area (Å²) >= 11 is 11.9. The lowest BCUT2D eigenvalue weighted by molar-refractivity contribution is -0.139. The van der Waals surface area contributed by atoms with Gasteiger partial charge in [-0.25, -0.2) is 0 Å². The molecule has 30 heavy (non-hydrogen) atoms. The number of hydrogen-bond donors (Lipinski definition) is 1. The number of imide groups is 2. The average Bonchev–Trinajstić information content (AvgIpc) is 2.70. The van der Waals surface area contributed by atoms with E-state index in [4.69, 9.17) is 27.9 Å². The molecule has 1 aliphatic rings. The first-order valence-corrected chi connectivity index (χ1v) is 9.85. The Balaban J connectivity index is 1.86. The number of benzene rings is 2. The van der Waals surface area contributed by atoms with Crippen molar-refractivity contribution in [3.8, 4) is 5.75 Å². The Hall–Kier alpha value is -2.90. The van der Waals surface area contributed by atoms with Crippen molar-refractivity contribution in [3.05, 3.63) is 63.1 Å². The number of ether oxygens (including phenoxy) is 1. The average molecular weight is 449 g/mol. The van der Waals surface area contributed by atoms with Crippen molar-refractivity contribution >= 4 is 47.3 Å². The van der Waals surface area contributed by atoms with E-state index in [2.05, 4.69) is 5.32 Å². The van der Waals surface area contributed by atoms with Crippen molar-refractivity contribution in [2.24, 2.45) is 0 Å². The summed E-state index contributed by atoms with van der Waals surface area (Å²) in [6, 6.07) is 9.00. The molecule has 1 N–H and O–H groups in total. The van der Waals surface area contributed by atoms with Gasteiger partial charge in [0.1, 0.15) is 18.4 Å². The number of carbonyl (C=O) groups excluding carboxylic acids is 4. The molecule has 1 atom stereocenters. The fourth-order valence-electron chi connectivity index (χ4n) is 3.17. The molecule has 7 nitrogen and oxygen atoms in total. The minimum atomic E-state index is -1.06.